The molecule has 7 heteroatoms. The van der Waals surface area contributed by atoms with Crippen LogP contribution in [-0.2, 0) is 4.79 Å². The Kier molecular flexibility index (Phi) is 3.96. The molecule has 1 saturated heterocycles. The molecule has 1 fully saturated rings. The Morgan fingerprint density at radius 2 is 2.22 bits per heavy atom. The van der Waals surface area contributed by atoms with Gasteiger partial charge in [0.15, 0.2) is 11.6 Å². The lowest BCUT2D eigenvalue weighted by atomic mass is 9.96. The van der Waals surface area contributed by atoms with Crippen molar-refractivity contribution < 1.29 is 9.18 Å². The van der Waals surface area contributed by atoms with Gasteiger partial charge in [-0.2, -0.15) is 4.98 Å². The van der Waals surface area contributed by atoms with Crippen LogP contribution in [0.25, 0.3) is 0 Å². The summed E-state index contributed by atoms with van der Waals surface area (Å²) in [6.45, 7) is 1.17. The molecule has 1 aliphatic rings. The van der Waals surface area contributed by atoms with E-state index in [1.54, 1.807) is 11.9 Å². The number of aromatic nitrogens is 2. The van der Waals surface area contributed by atoms with Crippen LogP contribution in [0.15, 0.2) is 6.20 Å². The molecule has 18 heavy (non-hydrogen) atoms. The van der Waals surface area contributed by atoms with Gasteiger partial charge in [-0.15, -0.1) is 0 Å². The zero-order valence-corrected chi connectivity index (χ0v) is 10.7. The van der Waals surface area contributed by atoms with Gasteiger partial charge in [-0.05, 0) is 24.4 Å². The van der Waals surface area contributed by atoms with Gasteiger partial charge >= 0.3 is 0 Å². The van der Waals surface area contributed by atoms with Crippen molar-refractivity contribution in [3.05, 3.63) is 17.3 Å². The van der Waals surface area contributed by atoms with Crippen molar-refractivity contribution in [3.8, 4) is 0 Å². The van der Waals surface area contributed by atoms with E-state index in [-0.39, 0.29) is 22.9 Å². The van der Waals surface area contributed by atoms with Gasteiger partial charge in [-0.1, -0.05) is 0 Å². The topological polar surface area (TPSA) is 58.1 Å². The summed E-state index contributed by atoms with van der Waals surface area (Å²) in [5, 5.41) is 2.66. The molecule has 0 radical (unpaired) electrons. The van der Waals surface area contributed by atoms with E-state index in [9.17, 15) is 9.18 Å². The predicted molar refractivity (Wildman–Crippen MR) is 66.0 cm³/mol. The summed E-state index contributed by atoms with van der Waals surface area (Å²) in [7, 11) is 1.62. The lowest BCUT2D eigenvalue weighted by molar-refractivity contribution is -0.125. The molecule has 0 saturated carbocycles. The number of piperidine rings is 1. The van der Waals surface area contributed by atoms with Crippen molar-refractivity contribution in [2.24, 2.45) is 5.92 Å². The highest BCUT2D eigenvalue weighted by Crippen LogP contribution is 2.24. The average molecular weight is 273 g/mol. The Labute approximate surface area is 109 Å². The van der Waals surface area contributed by atoms with Crippen molar-refractivity contribution in [3.63, 3.8) is 0 Å². The number of anilines is 1. The van der Waals surface area contributed by atoms with Gasteiger partial charge in [0.05, 0.1) is 6.20 Å². The summed E-state index contributed by atoms with van der Waals surface area (Å²) in [5.74, 6) is -0.245. The zero-order chi connectivity index (χ0) is 13.1. The lowest BCUT2D eigenvalue weighted by Gasteiger charge is -2.31. The molecule has 1 aliphatic heterocycles. The fraction of sp³-hybridized carbons (Fsp3) is 0.545. The molecule has 0 aliphatic carbocycles. The molecule has 0 spiro atoms. The van der Waals surface area contributed by atoms with Gasteiger partial charge in [0.2, 0.25) is 11.2 Å². The van der Waals surface area contributed by atoms with Crippen molar-refractivity contribution >= 4 is 23.3 Å². The van der Waals surface area contributed by atoms with Crippen LogP contribution in [0.3, 0.4) is 0 Å². The molecule has 1 aromatic rings. The van der Waals surface area contributed by atoms with Crippen molar-refractivity contribution in [1.82, 2.24) is 15.3 Å². The molecule has 0 atom stereocenters. The van der Waals surface area contributed by atoms with E-state index in [0.717, 1.165) is 6.20 Å². The number of carbonyl (C=O) groups is 1. The van der Waals surface area contributed by atoms with Crippen molar-refractivity contribution in [2.75, 3.05) is 25.0 Å². The fourth-order valence-electron chi connectivity index (χ4n) is 2.12. The molecular formula is C11H14ClFN4O. The number of rotatable bonds is 2. The summed E-state index contributed by atoms with van der Waals surface area (Å²) >= 11 is 5.66. The molecule has 0 unspecified atom stereocenters. The Bertz CT molecular complexity index is 449. The predicted octanol–water partition coefficient (Wildman–Crippen LogP) is 1.23. The van der Waals surface area contributed by atoms with E-state index >= 15 is 0 Å². The average Bonchev–Trinajstić information content (AvgIpc) is 2.41. The van der Waals surface area contributed by atoms with E-state index in [0.29, 0.717) is 25.9 Å². The first kappa shape index (κ1) is 13.0. The van der Waals surface area contributed by atoms with Crippen LogP contribution in [0.2, 0.25) is 5.28 Å². The Morgan fingerprint density at radius 3 is 2.83 bits per heavy atom. The maximum Gasteiger partial charge on any atom is 0.224 e. The summed E-state index contributed by atoms with van der Waals surface area (Å²) in [5.41, 5.74) is 0. The van der Waals surface area contributed by atoms with Gasteiger partial charge < -0.3 is 10.2 Å². The van der Waals surface area contributed by atoms with E-state index in [1.807, 2.05) is 0 Å². The van der Waals surface area contributed by atoms with Crippen LogP contribution in [0.4, 0.5) is 10.2 Å². The summed E-state index contributed by atoms with van der Waals surface area (Å²) in [4.78, 5) is 20.7. The quantitative estimate of drug-likeness (QED) is 0.823. The number of carbonyl (C=O) groups excluding carboxylic acids is 1. The number of hydrogen-bond acceptors (Lipinski definition) is 4. The third-order valence-corrected chi connectivity index (χ3v) is 3.29. The first-order valence-electron chi connectivity index (χ1n) is 5.76. The number of halogens is 2. The number of amides is 1. The minimum absolute atomic E-state index is 0.00776. The van der Waals surface area contributed by atoms with Gasteiger partial charge in [-0.25, -0.2) is 9.37 Å². The highest BCUT2D eigenvalue weighted by Gasteiger charge is 2.26. The minimum Gasteiger partial charge on any atom is -0.359 e. The summed E-state index contributed by atoms with van der Waals surface area (Å²) in [6.07, 6.45) is 2.43. The first-order valence-corrected chi connectivity index (χ1v) is 6.14. The molecule has 2 heterocycles. The second-order valence-corrected chi connectivity index (χ2v) is 4.52. The number of nitrogens with one attached hydrogen (secondary N) is 1. The van der Waals surface area contributed by atoms with E-state index in [1.165, 1.54) is 0 Å². The van der Waals surface area contributed by atoms with E-state index < -0.39 is 5.82 Å². The van der Waals surface area contributed by atoms with Gasteiger partial charge in [0.1, 0.15) is 0 Å². The van der Waals surface area contributed by atoms with Crippen LogP contribution in [0.1, 0.15) is 12.8 Å². The molecule has 5 nitrogen and oxygen atoms in total. The molecule has 1 N–H and O–H groups in total. The number of nitrogens with zero attached hydrogens (tertiary/aromatic N) is 3. The smallest absolute Gasteiger partial charge is 0.224 e. The second-order valence-electron chi connectivity index (χ2n) is 4.19. The van der Waals surface area contributed by atoms with Crippen LogP contribution >= 0.6 is 11.6 Å². The molecule has 2 rings (SSSR count). The number of hydrogen-bond donors (Lipinski definition) is 1. The molecule has 0 aromatic carbocycles. The molecule has 1 amide bonds. The molecular weight excluding hydrogens is 259 g/mol. The van der Waals surface area contributed by atoms with Crippen LogP contribution < -0.4 is 10.2 Å². The Hall–Kier alpha value is -1.43. The summed E-state index contributed by atoms with van der Waals surface area (Å²) in [6, 6.07) is 0. The normalized spacial score (nSPS) is 16.7. The van der Waals surface area contributed by atoms with Gasteiger partial charge in [-0.3, -0.25) is 4.79 Å². The third-order valence-electron chi connectivity index (χ3n) is 3.11. The van der Waals surface area contributed by atoms with Gasteiger partial charge in [0.25, 0.3) is 0 Å². The van der Waals surface area contributed by atoms with Crippen LogP contribution in [-0.4, -0.2) is 36.0 Å². The molecule has 0 bridgehead atoms. The SMILES string of the molecule is CNC(=O)C1CCN(c2nc(Cl)ncc2F)CC1. The zero-order valence-electron chi connectivity index (χ0n) is 9.99. The first-order chi connectivity index (χ1) is 8.61. The van der Waals surface area contributed by atoms with Crippen LogP contribution in [0, 0.1) is 11.7 Å². The fourth-order valence-corrected chi connectivity index (χ4v) is 2.25. The second kappa shape index (κ2) is 5.48. The highest BCUT2D eigenvalue weighted by molar-refractivity contribution is 6.28. The largest absolute Gasteiger partial charge is 0.359 e. The maximum absolute atomic E-state index is 13.6. The Morgan fingerprint density at radius 1 is 1.56 bits per heavy atom. The maximum atomic E-state index is 13.6. The summed E-state index contributed by atoms with van der Waals surface area (Å²) < 4.78 is 13.6. The van der Waals surface area contributed by atoms with Crippen LogP contribution in [0.5, 0.6) is 0 Å². The standard InChI is InChI=1S/C11H14ClFN4O/c1-14-10(18)7-2-4-17(5-3-7)9-8(13)6-15-11(12)16-9/h6-7H,2-5H2,1H3,(H,14,18). The highest BCUT2D eigenvalue weighted by atomic mass is 35.5. The van der Waals surface area contributed by atoms with Gasteiger partial charge in [0, 0.05) is 26.1 Å². The lowest BCUT2D eigenvalue weighted by Crippen LogP contribution is -2.40. The third kappa shape index (κ3) is 2.69. The van der Waals surface area contributed by atoms with E-state index in [2.05, 4.69) is 15.3 Å². The van der Waals surface area contributed by atoms with Crippen molar-refractivity contribution in [1.29, 1.82) is 0 Å². The molecule has 1 aromatic heterocycles. The van der Waals surface area contributed by atoms with Crippen molar-refractivity contribution in [2.45, 2.75) is 12.8 Å². The monoisotopic (exact) mass is 272 g/mol. The minimum atomic E-state index is -0.488. The Balaban J connectivity index is 2.05. The molecule has 98 valence electrons. The van der Waals surface area contributed by atoms with E-state index in [4.69, 9.17) is 11.6 Å².